The third kappa shape index (κ3) is 7.59. The Morgan fingerprint density at radius 3 is 2.25 bits per heavy atom. The van der Waals surface area contributed by atoms with Crippen LogP contribution in [-0.4, -0.2) is 16.0 Å². The van der Waals surface area contributed by atoms with Crippen molar-refractivity contribution in [2.75, 3.05) is 0 Å². The van der Waals surface area contributed by atoms with E-state index in [2.05, 4.69) is 29.1 Å². The predicted molar refractivity (Wildman–Crippen MR) is 85.7 cm³/mol. The Labute approximate surface area is 124 Å². The van der Waals surface area contributed by atoms with Gasteiger partial charge in [-0.15, -0.1) is 0 Å². The lowest BCUT2D eigenvalue weighted by molar-refractivity contribution is 0.415. The van der Waals surface area contributed by atoms with Crippen LogP contribution in [0.15, 0.2) is 12.3 Å². The number of hydrogen-bond donors (Lipinski definition) is 1. The quantitative estimate of drug-likeness (QED) is 0.609. The summed E-state index contributed by atoms with van der Waals surface area (Å²) in [6.07, 6.45) is 12.4. The lowest BCUT2D eigenvalue weighted by atomic mass is 10.0. The van der Waals surface area contributed by atoms with Crippen molar-refractivity contribution < 1.29 is 0 Å². The molecule has 0 unspecified atom stereocenters. The minimum absolute atomic E-state index is 0.642. The molecule has 114 valence electrons. The molecule has 0 fully saturated rings. The lowest BCUT2D eigenvalue weighted by Crippen LogP contribution is -2.29. The topological polar surface area (TPSA) is 37.8 Å². The van der Waals surface area contributed by atoms with Crippen LogP contribution >= 0.6 is 0 Å². The van der Waals surface area contributed by atoms with Gasteiger partial charge in [-0.05, 0) is 25.8 Å². The van der Waals surface area contributed by atoms with Gasteiger partial charge in [-0.2, -0.15) is 0 Å². The largest absolute Gasteiger partial charge is 0.308 e. The van der Waals surface area contributed by atoms with E-state index in [1.165, 1.54) is 51.4 Å². The average molecular weight is 277 g/mol. The van der Waals surface area contributed by atoms with Gasteiger partial charge in [0.05, 0.1) is 5.69 Å². The number of nitrogens with one attached hydrogen (secondary N) is 1. The van der Waals surface area contributed by atoms with Crippen LogP contribution in [-0.2, 0) is 6.54 Å². The maximum absolute atomic E-state index is 4.46. The van der Waals surface area contributed by atoms with E-state index in [1.54, 1.807) is 0 Å². The Bertz CT molecular complexity index is 342. The maximum Gasteiger partial charge on any atom is 0.125 e. The molecule has 1 aromatic rings. The Morgan fingerprint density at radius 1 is 1.05 bits per heavy atom. The van der Waals surface area contributed by atoms with Crippen LogP contribution in [0.4, 0.5) is 0 Å². The van der Waals surface area contributed by atoms with E-state index in [-0.39, 0.29) is 0 Å². The standard InChI is InChI=1S/C17H31N3/c1-4-6-8-10-16(11-9-7-5-2)19-14-17-12-13-18-15(3)20-17/h12-13,16,19H,4-11,14H2,1-3H3. The van der Waals surface area contributed by atoms with E-state index in [4.69, 9.17) is 0 Å². The van der Waals surface area contributed by atoms with Gasteiger partial charge in [-0.25, -0.2) is 9.97 Å². The maximum atomic E-state index is 4.46. The summed E-state index contributed by atoms with van der Waals surface area (Å²) in [6, 6.07) is 2.65. The summed E-state index contributed by atoms with van der Waals surface area (Å²) in [6.45, 7) is 7.35. The smallest absolute Gasteiger partial charge is 0.125 e. The van der Waals surface area contributed by atoms with E-state index in [9.17, 15) is 0 Å². The second-order valence-electron chi connectivity index (χ2n) is 5.66. The molecule has 0 spiro atoms. The first-order chi connectivity index (χ1) is 9.76. The van der Waals surface area contributed by atoms with Crippen LogP contribution in [0.3, 0.4) is 0 Å². The van der Waals surface area contributed by atoms with Gasteiger partial charge in [0.1, 0.15) is 5.82 Å². The van der Waals surface area contributed by atoms with Crippen molar-refractivity contribution in [1.82, 2.24) is 15.3 Å². The minimum atomic E-state index is 0.642. The van der Waals surface area contributed by atoms with Crippen LogP contribution < -0.4 is 5.32 Å². The first kappa shape index (κ1) is 17.1. The normalized spacial score (nSPS) is 11.2. The van der Waals surface area contributed by atoms with Gasteiger partial charge in [0.15, 0.2) is 0 Å². The first-order valence-electron chi connectivity index (χ1n) is 8.28. The Hall–Kier alpha value is -0.960. The van der Waals surface area contributed by atoms with Crippen molar-refractivity contribution in [3.8, 4) is 0 Å². The first-order valence-corrected chi connectivity index (χ1v) is 8.28. The van der Waals surface area contributed by atoms with E-state index < -0.39 is 0 Å². The number of aromatic nitrogens is 2. The van der Waals surface area contributed by atoms with Crippen LogP contribution in [0.5, 0.6) is 0 Å². The molecular weight excluding hydrogens is 246 g/mol. The highest BCUT2D eigenvalue weighted by molar-refractivity contribution is 5.01. The summed E-state index contributed by atoms with van der Waals surface area (Å²) in [7, 11) is 0. The SMILES string of the molecule is CCCCCC(CCCCC)NCc1ccnc(C)n1. The van der Waals surface area contributed by atoms with Gasteiger partial charge < -0.3 is 5.32 Å². The molecule has 0 saturated heterocycles. The number of aryl methyl sites for hydroxylation is 1. The third-order valence-corrected chi connectivity index (χ3v) is 3.72. The highest BCUT2D eigenvalue weighted by atomic mass is 14.9. The van der Waals surface area contributed by atoms with Crippen molar-refractivity contribution in [2.45, 2.75) is 84.7 Å². The lowest BCUT2D eigenvalue weighted by Gasteiger charge is -2.18. The van der Waals surface area contributed by atoms with Gasteiger partial charge in [0.2, 0.25) is 0 Å². The van der Waals surface area contributed by atoms with Crippen molar-refractivity contribution >= 4 is 0 Å². The zero-order valence-electron chi connectivity index (χ0n) is 13.5. The van der Waals surface area contributed by atoms with Crippen molar-refractivity contribution in [3.05, 3.63) is 23.8 Å². The fourth-order valence-electron chi connectivity index (χ4n) is 2.48. The monoisotopic (exact) mass is 277 g/mol. The molecule has 0 bridgehead atoms. The summed E-state index contributed by atoms with van der Waals surface area (Å²) in [5.41, 5.74) is 1.11. The van der Waals surface area contributed by atoms with Crippen LogP contribution in [0.1, 0.15) is 76.7 Å². The molecule has 1 rings (SSSR count). The van der Waals surface area contributed by atoms with Gasteiger partial charge in [0.25, 0.3) is 0 Å². The van der Waals surface area contributed by atoms with E-state index >= 15 is 0 Å². The molecule has 0 aliphatic carbocycles. The molecule has 1 N–H and O–H groups in total. The molecular formula is C17H31N3. The molecule has 0 radical (unpaired) electrons. The van der Waals surface area contributed by atoms with E-state index in [1.807, 2.05) is 19.2 Å². The van der Waals surface area contributed by atoms with Crippen molar-refractivity contribution in [1.29, 1.82) is 0 Å². The molecule has 0 aliphatic rings. The number of unbranched alkanes of at least 4 members (excludes halogenated alkanes) is 4. The van der Waals surface area contributed by atoms with Crippen molar-refractivity contribution in [2.24, 2.45) is 0 Å². The highest BCUT2D eigenvalue weighted by Crippen LogP contribution is 2.11. The van der Waals surface area contributed by atoms with Gasteiger partial charge in [-0.1, -0.05) is 52.4 Å². The summed E-state index contributed by atoms with van der Waals surface area (Å²) in [4.78, 5) is 8.61. The van der Waals surface area contributed by atoms with Gasteiger partial charge >= 0.3 is 0 Å². The zero-order valence-corrected chi connectivity index (χ0v) is 13.5. The molecule has 1 aromatic heterocycles. The van der Waals surface area contributed by atoms with Crippen LogP contribution in [0.25, 0.3) is 0 Å². The Balaban J connectivity index is 2.37. The fraction of sp³-hybridized carbons (Fsp3) is 0.765. The molecule has 0 aromatic carbocycles. The Morgan fingerprint density at radius 2 is 1.70 bits per heavy atom. The third-order valence-electron chi connectivity index (χ3n) is 3.72. The molecule has 20 heavy (non-hydrogen) atoms. The Kier molecular flexibility index (Phi) is 9.22. The number of rotatable bonds is 11. The van der Waals surface area contributed by atoms with Crippen LogP contribution in [0, 0.1) is 6.92 Å². The second kappa shape index (κ2) is 10.8. The molecule has 3 heteroatoms. The molecule has 0 saturated carbocycles. The molecule has 3 nitrogen and oxygen atoms in total. The predicted octanol–water partition coefficient (Wildman–Crippen LogP) is 4.40. The fourth-order valence-corrected chi connectivity index (χ4v) is 2.48. The number of hydrogen-bond acceptors (Lipinski definition) is 3. The molecule has 0 atom stereocenters. The van der Waals surface area contributed by atoms with Crippen LogP contribution in [0.2, 0.25) is 0 Å². The zero-order chi connectivity index (χ0) is 14.6. The van der Waals surface area contributed by atoms with Gasteiger partial charge in [0, 0.05) is 18.8 Å². The molecule has 0 amide bonds. The second-order valence-corrected chi connectivity index (χ2v) is 5.66. The summed E-state index contributed by atoms with van der Waals surface area (Å²) in [5.74, 6) is 0.859. The van der Waals surface area contributed by atoms with Gasteiger partial charge in [-0.3, -0.25) is 0 Å². The highest BCUT2D eigenvalue weighted by Gasteiger charge is 2.08. The van der Waals surface area contributed by atoms with E-state index in [0.717, 1.165) is 18.1 Å². The molecule has 0 aliphatic heterocycles. The summed E-state index contributed by atoms with van der Waals surface area (Å²) >= 11 is 0. The minimum Gasteiger partial charge on any atom is -0.308 e. The average Bonchev–Trinajstić information content (AvgIpc) is 2.44. The van der Waals surface area contributed by atoms with E-state index in [0.29, 0.717) is 6.04 Å². The number of nitrogens with zero attached hydrogens (tertiary/aromatic N) is 2. The summed E-state index contributed by atoms with van der Waals surface area (Å²) < 4.78 is 0. The van der Waals surface area contributed by atoms with Crippen molar-refractivity contribution in [3.63, 3.8) is 0 Å². The summed E-state index contributed by atoms with van der Waals surface area (Å²) in [5, 5.41) is 3.69. The molecule has 1 heterocycles.